The number of sulfonamides is 4. The molecule has 0 amide bonds. The maximum atomic E-state index is 14.1. The van der Waals surface area contributed by atoms with Gasteiger partial charge in [0, 0.05) is 77.6 Å². The summed E-state index contributed by atoms with van der Waals surface area (Å²) in [5, 5.41) is 17.6. The van der Waals surface area contributed by atoms with Crippen LogP contribution in [0.4, 0.5) is 53.5 Å². The summed E-state index contributed by atoms with van der Waals surface area (Å²) < 4.78 is 226. The summed E-state index contributed by atoms with van der Waals surface area (Å²) in [6.07, 6.45) is 28.9. The average Bonchev–Trinajstić information content (AvgIpc) is 1.78. The van der Waals surface area contributed by atoms with Crippen LogP contribution in [0.1, 0.15) is 50.0 Å². The van der Waals surface area contributed by atoms with Gasteiger partial charge in [-0.3, -0.25) is 18.9 Å². The van der Waals surface area contributed by atoms with Gasteiger partial charge in [0.25, 0.3) is 63.2 Å². The third kappa shape index (κ3) is 20.3. The predicted molar refractivity (Wildman–Crippen MR) is 444 cm³/mol. The lowest BCUT2D eigenvalue weighted by Gasteiger charge is -2.13. The fraction of sp³-hybridized carbons (Fsp3) is 0.100. The number of ether oxygens (including phenoxy) is 3. The van der Waals surface area contributed by atoms with E-state index in [9.17, 15) is 64.4 Å². The highest BCUT2D eigenvalue weighted by Crippen LogP contribution is 2.35. The van der Waals surface area contributed by atoms with Crippen molar-refractivity contribution >= 4 is 97.6 Å². The Hall–Kier alpha value is -15.9. The number of aromatic nitrogens is 20. The monoisotopic (exact) mass is 1820 g/mol. The Bertz CT molecular complexity index is 7740. The molecule has 12 heterocycles. The molecule has 4 aromatic carbocycles. The van der Waals surface area contributed by atoms with E-state index in [0.717, 1.165) is 60.7 Å². The van der Waals surface area contributed by atoms with Crippen molar-refractivity contribution in [3.8, 4) is 111 Å². The van der Waals surface area contributed by atoms with E-state index in [1.54, 1.807) is 12.4 Å². The van der Waals surface area contributed by atoms with Crippen LogP contribution in [0.25, 0.3) is 68.1 Å². The Labute approximate surface area is 720 Å². The molecule has 642 valence electrons. The fourth-order valence-corrected chi connectivity index (χ4v) is 15.6. The van der Waals surface area contributed by atoms with Crippen LogP contribution < -0.4 is 33.1 Å². The van der Waals surface area contributed by atoms with Gasteiger partial charge < -0.3 is 14.2 Å². The number of methoxy groups -OCH3 is 3. The van der Waals surface area contributed by atoms with E-state index in [0.29, 0.717) is 110 Å². The number of terminal acetylenes is 2. The molecule has 0 aliphatic rings. The molecule has 0 spiro atoms. The van der Waals surface area contributed by atoms with E-state index in [2.05, 4.69) is 135 Å². The van der Waals surface area contributed by atoms with Crippen molar-refractivity contribution < 1.29 is 78.6 Å². The van der Waals surface area contributed by atoms with E-state index in [1.165, 1.54) is 126 Å². The van der Waals surface area contributed by atoms with Crippen LogP contribution in [0.2, 0.25) is 5.15 Å². The Morgan fingerprint density at radius 1 is 0.378 bits per heavy atom. The maximum absolute atomic E-state index is 14.1. The lowest BCUT2D eigenvalue weighted by molar-refractivity contribution is 0.400. The zero-order valence-electron chi connectivity index (χ0n) is 65.8. The van der Waals surface area contributed by atoms with E-state index >= 15 is 0 Å². The quantitative estimate of drug-likeness (QED) is 0.0332. The number of nitrogens with one attached hydrogen (secondary N) is 4. The first kappa shape index (κ1) is 88.9. The molecule has 0 radical (unpaired) electrons. The van der Waals surface area contributed by atoms with Crippen molar-refractivity contribution in [3.05, 3.63) is 246 Å². The zero-order valence-corrected chi connectivity index (χ0v) is 69.8. The van der Waals surface area contributed by atoms with Crippen molar-refractivity contribution in [3.63, 3.8) is 0 Å². The SMILES string of the molecule is C#Cc1cnc2ncc(-c3cnc(Cl)c(NS(=O)(=O)c4ccc(F)cc4)c3)nn12.C#Cc1cnc2ncc(-c3cnc(OC)c(NS(=O)(=O)c4ccc(F)cc4F)c3)nn12.CCC#Cc1cnc2ncc(-c3cnc(OC)c(NS(=O)(=O)c4ccc(F)cc4F)c3)nn12.COc1ncc(-c2cnc3ncc(C#CC(C)C)n3n2)cc1NS(=O)(=O)c1ccc(F)cc1F. The standard InChI is InChI=1S/C22H18F2N6O3S.C21H16F2N6O3S.C19H12F2N6O3S.C18H10ClFN6O2S/c1-13(2)4-6-16-11-26-22-27-12-19(28-30(16)22)14-8-18(21(33-3)25-10-14)29-34(31,32)20-7-5-15(23)9-17(20)24;1-3-4-5-15-11-25-21-26-12-18(27-29(15)21)13-8-17(20(32-2)24-10-13)28-33(30,31)19-7-6-14(22)9-16(19)23;1-3-13-9-23-19-24-10-16(25-27(13)19)11-6-15(18(30-2)22-8-11)26-31(28,29)17-5-4-12(20)7-14(17)21;1-2-13-9-22-18-23-10-16(24-26(13)18)11-7-15(17(19)21-8-11)25-29(27,28)14-5-3-12(20)4-6-14/h5,7-13,29H,1-3H3;6-12,28H,3H2,1-2H3;1,4-10,26H,2H3;1,3-10,25H. The molecule has 0 saturated carbocycles. The maximum Gasteiger partial charge on any atom is 0.264 e. The van der Waals surface area contributed by atoms with Crippen LogP contribution in [0.15, 0.2) is 197 Å². The van der Waals surface area contributed by atoms with Gasteiger partial charge in [0.05, 0.1) is 81.5 Å². The summed E-state index contributed by atoms with van der Waals surface area (Å²) in [7, 11) is -13.4. The van der Waals surface area contributed by atoms with E-state index in [-0.39, 0.29) is 62.1 Å². The number of fused-ring (bicyclic) bond motifs is 4. The second kappa shape index (κ2) is 37.4. The number of nitrogens with zero attached hydrogens (tertiary/aromatic N) is 20. The van der Waals surface area contributed by atoms with Crippen molar-refractivity contribution in [2.75, 3.05) is 40.2 Å². The van der Waals surface area contributed by atoms with Crippen LogP contribution >= 0.6 is 11.6 Å². The second-order valence-electron chi connectivity index (χ2n) is 25.9. The molecule has 0 unspecified atom stereocenters. The van der Waals surface area contributed by atoms with Crippen molar-refractivity contribution in [1.29, 1.82) is 0 Å². The molecule has 4 N–H and O–H groups in total. The van der Waals surface area contributed by atoms with Gasteiger partial charge in [0.1, 0.15) is 118 Å². The lowest BCUT2D eigenvalue weighted by Crippen LogP contribution is -2.16. The van der Waals surface area contributed by atoms with Gasteiger partial charge >= 0.3 is 0 Å². The van der Waals surface area contributed by atoms with Gasteiger partial charge in [0.15, 0.2) is 5.15 Å². The Kier molecular flexibility index (Phi) is 26.2. The molecule has 35 nitrogen and oxygen atoms in total. The molecule has 127 heavy (non-hydrogen) atoms. The lowest BCUT2D eigenvalue weighted by atomic mass is 10.2. The molecule has 0 aliphatic carbocycles. The summed E-state index contributed by atoms with van der Waals surface area (Å²) in [5.74, 6) is 11.1. The number of halogens is 8. The van der Waals surface area contributed by atoms with Crippen molar-refractivity contribution in [2.45, 2.75) is 46.8 Å². The minimum Gasteiger partial charge on any atom is -0.480 e. The smallest absolute Gasteiger partial charge is 0.264 e. The number of imidazole rings is 4. The number of rotatable bonds is 19. The normalized spacial score (nSPS) is 11.3. The van der Waals surface area contributed by atoms with Crippen molar-refractivity contribution in [2.24, 2.45) is 5.92 Å². The number of benzene rings is 4. The molecule has 47 heteroatoms. The molecular formula is C80H56ClF7N24O11S4. The number of anilines is 4. The van der Waals surface area contributed by atoms with Crippen LogP contribution in [0, 0.1) is 95.0 Å². The minimum absolute atomic E-state index is 0.0261. The average molecular weight is 1830 g/mol. The van der Waals surface area contributed by atoms with Crippen LogP contribution in [0.3, 0.4) is 0 Å². The highest BCUT2D eigenvalue weighted by molar-refractivity contribution is 7.93. The summed E-state index contributed by atoms with van der Waals surface area (Å²) in [4.78, 5) is 47.2. The van der Waals surface area contributed by atoms with Crippen LogP contribution in [-0.4, -0.2) is 153 Å². The van der Waals surface area contributed by atoms with Crippen LogP contribution in [0.5, 0.6) is 17.6 Å². The number of pyridine rings is 4. The fourth-order valence-electron chi connectivity index (χ4n) is 11.0. The van der Waals surface area contributed by atoms with Crippen LogP contribution in [-0.2, 0) is 40.1 Å². The summed E-state index contributed by atoms with van der Waals surface area (Å²) >= 11 is 6.05. The zero-order chi connectivity index (χ0) is 90.8. The molecule has 16 aromatic rings. The van der Waals surface area contributed by atoms with Gasteiger partial charge in [-0.05, 0) is 109 Å². The van der Waals surface area contributed by atoms with E-state index in [4.69, 9.17) is 38.7 Å². The summed E-state index contributed by atoms with van der Waals surface area (Å²) in [6.45, 7) is 5.82. The molecule has 0 saturated heterocycles. The predicted octanol–water partition coefficient (Wildman–Crippen LogP) is 11.3. The first-order chi connectivity index (χ1) is 60.7. The van der Waals surface area contributed by atoms with Gasteiger partial charge in [-0.25, -0.2) is 124 Å². The van der Waals surface area contributed by atoms with Gasteiger partial charge in [-0.15, -0.1) is 12.8 Å². The third-order valence-corrected chi connectivity index (χ3v) is 22.8. The molecule has 12 aromatic heterocycles. The molecule has 0 atom stereocenters. The van der Waals surface area contributed by atoms with Crippen molar-refractivity contribution in [1.82, 2.24) is 98.3 Å². The molecule has 0 bridgehead atoms. The molecular weight excluding hydrogens is 1770 g/mol. The van der Waals surface area contributed by atoms with Gasteiger partial charge in [0.2, 0.25) is 17.6 Å². The summed E-state index contributed by atoms with van der Waals surface area (Å²) in [6, 6.07) is 16.5. The van der Waals surface area contributed by atoms with Gasteiger partial charge in [-0.2, -0.15) is 38.5 Å². The molecule has 0 fully saturated rings. The second-order valence-corrected chi connectivity index (χ2v) is 32.9. The Balaban J connectivity index is 0.000000145. The molecule has 0 aliphatic heterocycles. The Morgan fingerprint density at radius 2 is 0.677 bits per heavy atom. The van der Waals surface area contributed by atoms with Gasteiger partial charge in [-0.1, -0.05) is 44.2 Å². The topological polar surface area (TPSA) is 436 Å². The minimum atomic E-state index is -4.42. The summed E-state index contributed by atoms with van der Waals surface area (Å²) in [5.41, 5.74) is 4.62. The highest BCUT2D eigenvalue weighted by atomic mass is 35.5. The number of hydrogen-bond acceptors (Lipinski definition) is 27. The largest absolute Gasteiger partial charge is 0.480 e. The first-order valence-electron chi connectivity index (χ1n) is 36.0. The highest BCUT2D eigenvalue weighted by Gasteiger charge is 2.28. The Morgan fingerprint density at radius 3 is 1.00 bits per heavy atom. The van der Waals surface area contributed by atoms with E-state index < -0.39 is 95.5 Å². The van der Waals surface area contributed by atoms with E-state index in [1.807, 2.05) is 20.8 Å². The first-order valence-corrected chi connectivity index (χ1v) is 42.3. The molecule has 16 rings (SSSR count). The number of hydrogen-bond donors (Lipinski definition) is 4. The third-order valence-electron chi connectivity index (χ3n) is 16.9.